The number of aromatic nitrogens is 2. The molecule has 0 bridgehead atoms. The fourth-order valence-corrected chi connectivity index (χ4v) is 3.42. The van der Waals surface area contributed by atoms with E-state index in [-0.39, 0.29) is 5.63 Å². The summed E-state index contributed by atoms with van der Waals surface area (Å²) in [5.74, 6) is 0.727. The molecule has 4 aromatic rings. The lowest BCUT2D eigenvalue weighted by Crippen LogP contribution is -2.32. The van der Waals surface area contributed by atoms with Gasteiger partial charge in [0.05, 0.1) is 17.8 Å². The van der Waals surface area contributed by atoms with Crippen LogP contribution in [0.4, 0.5) is 5.69 Å². The quantitative estimate of drug-likeness (QED) is 0.488. The fourth-order valence-electron chi connectivity index (χ4n) is 3.42. The van der Waals surface area contributed by atoms with Gasteiger partial charge in [-0.3, -0.25) is 0 Å². The van der Waals surface area contributed by atoms with Crippen LogP contribution in [0.25, 0.3) is 22.0 Å². The molecule has 3 heterocycles. The Kier molecular flexibility index (Phi) is 3.06. The van der Waals surface area contributed by atoms with Crippen LogP contribution in [-0.2, 0) is 6.54 Å². The Morgan fingerprint density at radius 3 is 2.85 bits per heavy atom. The first-order valence-corrected chi connectivity index (χ1v) is 8.28. The predicted molar refractivity (Wildman–Crippen MR) is 95.4 cm³/mol. The lowest BCUT2D eigenvalue weighted by Gasteiger charge is -2.31. The van der Waals surface area contributed by atoms with Gasteiger partial charge in [-0.05, 0) is 54.0 Å². The number of aryl methyl sites for hydroxylation is 1. The maximum atomic E-state index is 12.2. The van der Waals surface area contributed by atoms with Gasteiger partial charge in [0.15, 0.2) is 12.2 Å². The van der Waals surface area contributed by atoms with Gasteiger partial charge in [0, 0.05) is 10.9 Å². The van der Waals surface area contributed by atoms with Gasteiger partial charge in [0.25, 0.3) is 0 Å². The van der Waals surface area contributed by atoms with Crippen LogP contribution in [-0.4, -0.2) is 17.0 Å². The topological polar surface area (TPSA) is 81.6 Å². The molecule has 5 rings (SSSR count). The zero-order valence-corrected chi connectivity index (χ0v) is 14.3. The molecule has 0 amide bonds. The molecule has 0 unspecified atom stereocenters. The lowest BCUT2D eigenvalue weighted by atomic mass is 10.0. The Bertz CT molecular complexity index is 1220. The van der Waals surface area contributed by atoms with Crippen molar-refractivity contribution in [2.24, 2.45) is 0 Å². The van der Waals surface area contributed by atoms with E-state index in [0.717, 1.165) is 28.0 Å². The van der Waals surface area contributed by atoms with Crippen molar-refractivity contribution in [3.8, 4) is 5.75 Å². The maximum Gasteiger partial charge on any atom is 0.339 e. The zero-order valence-electron chi connectivity index (χ0n) is 14.3. The van der Waals surface area contributed by atoms with Gasteiger partial charge in [0.1, 0.15) is 16.8 Å². The van der Waals surface area contributed by atoms with Gasteiger partial charge in [-0.2, -0.15) is 0 Å². The second-order valence-electron chi connectivity index (χ2n) is 6.44. The van der Waals surface area contributed by atoms with Crippen molar-refractivity contribution in [2.75, 3.05) is 11.6 Å². The third-order valence-corrected chi connectivity index (χ3v) is 5.02. The van der Waals surface area contributed by atoms with Crippen LogP contribution in [0.5, 0.6) is 5.75 Å². The largest absolute Gasteiger partial charge is 0.473 e. The second kappa shape index (κ2) is 5.32. The molecule has 0 aliphatic carbocycles. The van der Waals surface area contributed by atoms with Crippen molar-refractivity contribution in [1.82, 2.24) is 10.3 Å². The Morgan fingerprint density at radius 2 is 1.96 bits per heavy atom. The summed E-state index contributed by atoms with van der Waals surface area (Å²) in [7, 11) is 0. The molecular weight excluding hydrogens is 334 g/mol. The molecule has 0 atom stereocenters. The number of rotatable bonds is 1. The average Bonchev–Trinajstić information content (AvgIpc) is 3.14. The smallest absolute Gasteiger partial charge is 0.339 e. The number of ether oxygens (including phenoxy) is 1. The van der Waals surface area contributed by atoms with Gasteiger partial charge >= 0.3 is 5.63 Å². The molecule has 0 fully saturated rings. The van der Waals surface area contributed by atoms with Crippen LogP contribution >= 0.6 is 0 Å². The molecule has 0 spiro atoms. The number of fused-ring (bicyclic) bond motifs is 4. The molecule has 7 heteroatoms. The van der Waals surface area contributed by atoms with Crippen molar-refractivity contribution < 1.29 is 13.8 Å². The van der Waals surface area contributed by atoms with E-state index in [1.54, 1.807) is 6.92 Å². The fraction of sp³-hybridized carbons (Fsp3) is 0.211. The summed E-state index contributed by atoms with van der Waals surface area (Å²) in [6, 6.07) is 9.55. The van der Waals surface area contributed by atoms with Crippen LogP contribution in [0.3, 0.4) is 0 Å². The van der Waals surface area contributed by atoms with E-state index >= 15 is 0 Å². The predicted octanol–water partition coefficient (Wildman–Crippen LogP) is 3.30. The summed E-state index contributed by atoms with van der Waals surface area (Å²) in [5.41, 5.74) is 4.88. The molecule has 26 heavy (non-hydrogen) atoms. The van der Waals surface area contributed by atoms with E-state index in [4.69, 9.17) is 13.8 Å². The van der Waals surface area contributed by atoms with E-state index < -0.39 is 0 Å². The van der Waals surface area contributed by atoms with Gasteiger partial charge in [-0.1, -0.05) is 6.07 Å². The average molecular weight is 349 g/mol. The summed E-state index contributed by atoms with van der Waals surface area (Å²) < 4.78 is 16.4. The van der Waals surface area contributed by atoms with Crippen molar-refractivity contribution in [3.05, 3.63) is 57.4 Å². The number of benzene rings is 2. The number of hydrogen-bond acceptors (Lipinski definition) is 7. The van der Waals surface area contributed by atoms with E-state index in [0.29, 0.717) is 35.5 Å². The molecular formula is C19H15N3O4. The Morgan fingerprint density at radius 1 is 1.08 bits per heavy atom. The van der Waals surface area contributed by atoms with Gasteiger partial charge in [-0.15, -0.1) is 0 Å². The highest BCUT2D eigenvalue weighted by Gasteiger charge is 2.24. The Balaban J connectivity index is 1.69. The summed E-state index contributed by atoms with van der Waals surface area (Å²) >= 11 is 0. The highest BCUT2D eigenvalue weighted by Crippen LogP contribution is 2.36. The van der Waals surface area contributed by atoms with Crippen molar-refractivity contribution in [3.63, 3.8) is 0 Å². The van der Waals surface area contributed by atoms with E-state index in [2.05, 4.69) is 10.3 Å². The Labute approximate surface area is 147 Å². The normalized spacial score (nSPS) is 13.8. The van der Waals surface area contributed by atoms with Crippen LogP contribution in [0.15, 0.2) is 44.2 Å². The number of nitrogens with zero attached hydrogens (tertiary/aromatic N) is 3. The molecule has 1 aliphatic heterocycles. The van der Waals surface area contributed by atoms with E-state index in [1.165, 1.54) is 0 Å². The first kappa shape index (κ1) is 14.9. The van der Waals surface area contributed by atoms with E-state index in [1.807, 2.05) is 42.2 Å². The van der Waals surface area contributed by atoms with Crippen LogP contribution in [0.2, 0.25) is 0 Å². The zero-order chi connectivity index (χ0) is 17.8. The summed E-state index contributed by atoms with van der Waals surface area (Å²) in [5, 5.41) is 8.81. The minimum Gasteiger partial charge on any atom is -0.473 e. The standard InChI is InChI=1S/C19H15N3O4/c1-10-11(2)19(23)25-18-12(10)6-7-16-13(18)8-22(9-24-16)15-5-3-4-14-17(15)21-26-20-14/h3-7H,8-9H2,1-2H3. The molecule has 2 aromatic heterocycles. The minimum absolute atomic E-state index is 0.316. The molecule has 0 N–H and O–H groups in total. The molecule has 2 aromatic carbocycles. The van der Waals surface area contributed by atoms with Crippen LogP contribution in [0, 0.1) is 13.8 Å². The molecule has 7 nitrogen and oxygen atoms in total. The first-order valence-electron chi connectivity index (χ1n) is 8.28. The first-order chi connectivity index (χ1) is 12.6. The molecule has 0 radical (unpaired) electrons. The highest BCUT2D eigenvalue weighted by molar-refractivity contribution is 5.89. The minimum atomic E-state index is -0.316. The highest BCUT2D eigenvalue weighted by atomic mass is 16.6. The lowest BCUT2D eigenvalue weighted by molar-refractivity contribution is 0.289. The third-order valence-electron chi connectivity index (χ3n) is 5.02. The van der Waals surface area contributed by atoms with Crippen molar-refractivity contribution >= 4 is 27.7 Å². The van der Waals surface area contributed by atoms with Crippen molar-refractivity contribution in [1.29, 1.82) is 0 Å². The van der Waals surface area contributed by atoms with Gasteiger partial charge < -0.3 is 14.1 Å². The summed E-state index contributed by atoms with van der Waals surface area (Å²) in [6.45, 7) is 4.61. The molecule has 130 valence electrons. The third kappa shape index (κ3) is 2.03. The molecule has 0 saturated heterocycles. The van der Waals surface area contributed by atoms with Crippen LogP contribution < -0.4 is 15.3 Å². The molecule has 1 aliphatic rings. The van der Waals surface area contributed by atoms with Crippen molar-refractivity contribution in [2.45, 2.75) is 20.4 Å². The van der Waals surface area contributed by atoms with Gasteiger partial charge in [0.2, 0.25) is 0 Å². The summed E-state index contributed by atoms with van der Waals surface area (Å²) in [4.78, 5) is 14.2. The summed E-state index contributed by atoms with van der Waals surface area (Å²) in [6.07, 6.45) is 0. The van der Waals surface area contributed by atoms with Gasteiger partial charge in [-0.25, -0.2) is 9.42 Å². The Hall–Kier alpha value is -3.35. The molecule has 0 saturated carbocycles. The SMILES string of the molecule is Cc1c(C)c2ccc3c(c2oc1=O)CN(c1cccc2nonc12)CO3. The monoisotopic (exact) mass is 349 g/mol. The van der Waals surface area contributed by atoms with E-state index in [9.17, 15) is 4.79 Å². The van der Waals surface area contributed by atoms with Crippen LogP contribution in [0.1, 0.15) is 16.7 Å². The number of anilines is 1. The maximum absolute atomic E-state index is 12.2. The second-order valence-corrected chi connectivity index (χ2v) is 6.44. The number of hydrogen-bond donors (Lipinski definition) is 0.